The molecule has 0 aliphatic heterocycles. The fourth-order valence-electron chi connectivity index (χ4n) is 2.31. The molecule has 106 valence electrons. The van der Waals surface area contributed by atoms with Crippen molar-refractivity contribution in [3.05, 3.63) is 29.8 Å². The average molecular weight is 273 g/mol. The van der Waals surface area contributed by atoms with Gasteiger partial charge in [0.2, 0.25) is 5.82 Å². The molecule has 5 heteroatoms. The topological polar surface area (TPSA) is 71.2 Å². The maximum atomic E-state index is 9.04. The van der Waals surface area contributed by atoms with Crippen molar-refractivity contribution < 1.29 is 9.63 Å². The van der Waals surface area contributed by atoms with Gasteiger partial charge in [-0.1, -0.05) is 35.0 Å². The Morgan fingerprint density at radius 2 is 2.05 bits per heavy atom. The van der Waals surface area contributed by atoms with Crippen molar-refractivity contribution in [3.63, 3.8) is 0 Å². The lowest BCUT2D eigenvalue weighted by Gasteiger charge is -2.12. The summed E-state index contributed by atoms with van der Waals surface area (Å²) in [6, 6.07) is 8.47. The van der Waals surface area contributed by atoms with Crippen molar-refractivity contribution >= 4 is 6.01 Å². The Kier molecular flexibility index (Phi) is 3.44. The monoisotopic (exact) mass is 273 g/mol. The first kappa shape index (κ1) is 13.1. The van der Waals surface area contributed by atoms with Crippen LogP contribution in [0.1, 0.15) is 24.8 Å². The zero-order valence-electron chi connectivity index (χ0n) is 11.6. The van der Waals surface area contributed by atoms with Crippen LogP contribution in [0.15, 0.2) is 28.8 Å². The van der Waals surface area contributed by atoms with Crippen LogP contribution in [0, 0.1) is 12.3 Å². The van der Waals surface area contributed by atoms with Crippen LogP contribution in [-0.2, 0) is 0 Å². The molecule has 1 aliphatic rings. The first-order chi connectivity index (χ1) is 9.71. The molecule has 20 heavy (non-hydrogen) atoms. The zero-order valence-corrected chi connectivity index (χ0v) is 11.6. The normalized spacial score (nSPS) is 16.1. The number of nitrogens with zero attached hydrogens (tertiary/aromatic N) is 2. The van der Waals surface area contributed by atoms with Crippen LogP contribution in [0.5, 0.6) is 0 Å². The highest BCUT2D eigenvalue weighted by molar-refractivity contribution is 5.55. The van der Waals surface area contributed by atoms with E-state index in [4.69, 9.17) is 9.63 Å². The van der Waals surface area contributed by atoms with Gasteiger partial charge in [0.15, 0.2) is 0 Å². The fraction of sp³-hybridized carbons (Fsp3) is 0.467. The van der Waals surface area contributed by atoms with Gasteiger partial charge in [0.05, 0.1) is 0 Å². The predicted octanol–water partition coefficient (Wildman–Crippen LogP) is 2.62. The molecule has 0 amide bonds. The SMILES string of the molecule is Cc1ccc(-c2noc(NCC3(CCO)CC3)n2)cc1. The minimum absolute atomic E-state index is 0.229. The number of aliphatic hydroxyl groups is 1. The van der Waals surface area contributed by atoms with Gasteiger partial charge in [-0.15, -0.1) is 0 Å². The number of benzene rings is 1. The number of aliphatic hydroxyl groups excluding tert-OH is 1. The molecule has 0 bridgehead atoms. The van der Waals surface area contributed by atoms with Gasteiger partial charge in [0.1, 0.15) is 0 Å². The Balaban J connectivity index is 1.63. The van der Waals surface area contributed by atoms with Crippen molar-refractivity contribution in [1.82, 2.24) is 10.1 Å². The van der Waals surface area contributed by atoms with Crippen molar-refractivity contribution in [2.45, 2.75) is 26.2 Å². The van der Waals surface area contributed by atoms with Crippen molar-refractivity contribution in [1.29, 1.82) is 0 Å². The Hall–Kier alpha value is -1.88. The number of rotatable bonds is 6. The van der Waals surface area contributed by atoms with E-state index in [9.17, 15) is 0 Å². The van der Waals surface area contributed by atoms with Gasteiger partial charge >= 0.3 is 6.01 Å². The van der Waals surface area contributed by atoms with Crippen molar-refractivity contribution in [2.24, 2.45) is 5.41 Å². The van der Waals surface area contributed by atoms with E-state index >= 15 is 0 Å². The first-order valence-corrected chi connectivity index (χ1v) is 6.96. The van der Waals surface area contributed by atoms with E-state index in [0.29, 0.717) is 11.8 Å². The van der Waals surface area contributed by atoms with Crippen LogP contribution in [0.3, 0.4) is 0 Å². The smallest absolute Gasteiger partial charge is 0.321 e. The van der Waals surface area contributed by atoms with E-state index in [2.05, 4.69) is 15.5 Å². The molecule has 1 fully saturated rings. The summed E-state index contributed by atoms with van der Waals surface area (Å²) >= 11 is 0. The molecule has 1 aromatic heterocycles. The number of anilines is 1. The van der Waals surface area contributed by atoms with Gasteiger partial charge in [-0.25, -0.2) is 0 Å². The molecule has 1 saturated carbocycles. The van der Waals surface area contributed by atoms with Crippen LogP contribution >= 0.6 is 0 Å². The highest BCUT2D eigenvalue weighted by Gasteiger charge is 2.41. The fourth-order valence-corrected chi connectivity index (χ4v) is 2.31. The summed E-state index contributed by atoms with van der Waals surface area (Å²) in [4.78, 5) is 4.35. The van der Waals surface area contributed by atoms with E-state index in [1.165, 1.54) is 5.56 Å². The van der Waals surface area contributed by atoms with Crippen molar-refractivity contribution in [3.8, 4) is 11.4 Å². The highest BCUT2D eigenvalue weighted by Crippen LogP contribution is 2.48. The molecule has 0 unspecified atom stereocenters. The van der Waals surface area contributed by atoms with Crippen LogP contribution in [0.25, 0.3) is 11.4 Å². The van der Waals surface area contributed by atoms with Crippen LogP contribution < -0.4 is 5.32 Å². The van der Waals surface area contributed by atoms with E-state index in [1.807, 2.05) is 31.2 Å². The van der Waals surface area contributed by atoms with Gasteiger partial charge in [-0.2, -0.15) is 4.98 Å². The second-order valence-corrected chi connectivity index (χ2v) is 5.62. The Labute approximate surface area is 118 Å². The van der Waals surface area contributed by atoms with Crippen LogP contribution in [0.2, 0.25) is 0 Å². The summed E-state index contributed by atoms with van der Waals surface area (Å²) in [6.07, 6.45) is 3.14. The van der Waals surface area contributed by atoms with Gasteiger partial charge in [-0.3, -0.25) is 0 Å². The minimum Gasteiger partial charge on any atom is -0.396 e. The molecular weight excluding hydrogens is 254 g/mol. The van der Waals surface area contributed by atoms with Gasteiger partial charge < -0.3 is 14.9 Å². The lowest BCUT2D eigenvalue weighted by molar-refractivity contribution is 0.252. The molecule has 2 aromatic rings. The molecule has 1 aliphatic carbocycles. The number of hydrogen-bond donors (Lipinski definition) is 2. The maximum absolute atomic E-state index is 9.04. The van der Waals surface area contributed by atoms with E-state index in [0.717, 1.165) is 31.4 Å². The predicted molar refractivity (Wildman–Crippen MR) is 76.3 cm³/mol. The maximum Gasteiger partial charge on any atom is 0.321 e. The van der Waals surface area contributed by atoms with Gasteiger partial charge in [0.25, 0.3) is 0 Å². The van der Waals surface area contributed by atoms with E-state index in [-0.39, 0.29) is 12.0 Å². The summed E-state index contributed by atoms with van der Waals surface area (Å²) in [6.45, 7) is 3.06. The largest absolute Gasteiger partial charge is 0.396 e. The standard InChI is InChI=1S/C15H19N3O2/c1-11-2-4-12(5-3-11)13-17-14(20-18-13)16-10-15(6-7-15)8-9-19/h2-5,19H,6-10H2,1H3,(H,16,17,18). The molecule has 0 radical (unpaired) electrons. The van der Waals surface area contributed by atoms with E-state index in [1.54, 1.807) is 0 Å². The summed E-state index contributed by atoms with van der Waals surface area (Å²) in [7, 11) is 0. The number of aromatic nitrogens is 2. The summed E-state index contributed by atoms with van der Waals surface area (Å²) in [5.74, 6) is 0.597. The molecule has 2 N–H and O–H groups in total. The molecule has 1 aromatic carbocycles. The average Bonchev–Trinajstić information content (AvgIpc) is 3.05. The summed E-state index contributed by atoms with van der Waals surface area (Å²) in [5, 5.41) is 16.2. The Bertz CT molecular complexity index is 573. The molecule has 3 rings (SSSR count). The minimum atomic E-state index is 0.229. The van der Waals surface area contributed by atoms with Crippen LogP contribution in [-0.4, -0.2) is 28.4 Å². The summed E-state index contributed by atoms with van der Waals surface area (Å²) in [5.41, 5.74) is 2.38. The molecule has 0 atom stereocenters. The third-order valence-electron chi connectivity index (χ3n) is 3.95. The van der Waals surface area contributed by atoms with Crippen LogP contribution in [0.4, 0.5) is 6.01 Å². The van der Waals surface area contributed by atoms with E-state index < -0.39 is 0 Å². The molecule has 0 saturated heterocycles. The molecule has 1 heterocycles. The summed E-state index contributed by atoms with van der Waals surface area (Å²) < 4.78 is 5.22. The molecule has 0 spiro atoms. The third-order valence-corrected chi connectivity index (χ3v) is 3.95. The third kappa shape index (κ3) is 2.82. The lowest BCUT2D eigenvalue weighted by atomic mass is 10.0. The van der Waals surface area contributed by atoms with Gasteiger partial charge in [-0.05, 0) is 31.6 Å². The zero-order chi connectivity index (χ0) is 14.0. The molecule has 5 nitrogen and oxygen atoms in total. The number of nitrogens with one attached hydrogen (secondary N) is 1. The lowest BCUT2D eigenvalue weighted by Crippen LogP contribution is -2.16. The first-order valence-electron chi connectivity index (χ1n) is 6.96. The number of aryl methyl sites for hydroxylation is 1. The highest BCUT2D eigenvalue weighted by atomic mass is 16.5. The molecular formula is C15H19N3O2. The Morgan fingerprint density at radius 3 is 2.70 bits per heavy atom. The Morgan fingerprint density at radius 1 is 1.30 bits per heavy atom. The second kappa shape index (κ2) is 5.25. The second-order valence-electron chi connectivity index (χ2n) is 5.62. The number of hydrogen-bond acceptors (Lipinski definition) is 5. The van der Waals surface area contributed by atoms with Gasteiger partial charge in [0, 0.05) is 18.7 Å². The quantitative estimate of drug-likeness (QED) is 0.846. The van der Waals surface area contributed by atoms with Crippen molar-refractivity contribution in [2.75, 3.05) is 18.5 Å².